The van der Waals surface area contributed by atoms with Crippen molar-refractivity contribution in [3.05, 3.63) is 62.2 Å². The zero-order valence-electron chi connectivity index (χ0n) is 10.6. The van der Waals surface area contributed by atoms with E-state index in [0.717, 1.165) is 6.21 Å². The van der Waals surface area contributed by atoms with Crippen molar-refractivity contribution in [2.75, 3.05) is 0 Å². The Hall–Kier alpha value is -3.10. The van der Waals surface area contributed by atoms with Gasteiger partial charge in [-0.1, -0.05) is 18.2 Å². The van der Waals surface area contributed by atoms with E-state index in [1.165, 1.54) is 18.2 Å². The van der Waals surface area contributed by atoms with Gasteiger partial charge in [0.25, 0.3) is 5.56 Å². The van der Waals surface area contributed by atoms with Crippen LogP contribution in [0.4, 0.5) is 4.39 Å². The first-order valence-corrected chi connectivity index (χ1v) is 5.80. The molecule has 8 nitrogen and oxygen atoms in total. The summed E-state index contributed by atoms with van der Waals surface area (Å²) < 4.78 is 13.3. The fourth-order valence-electron chi connectivity index (χ4n) is 1.44. The molecule has 1 aromatic carbocycles. The molecule has 3 N–H and O–H groups in total. The minimum absolute atomic E-state index is 0.159. The van der Waals surface area contributed by atoms with Crippen LogP contribution in [0.25, 0.3) is 0 Å². The average Bonchev–Trinajstić information content (AvgIpc) is 2.44. The standard InChI is InChI=1S/C12H10FN5O3/c13-8-4-2-1-3-7(8)6-14-17-10(19)5-9-11(20)15-12(21)18-16-9/h1-4,6H,5H2,(H,17,19)(H2,15,18,20,21)/b14-6+. The molecular formula is C12H10FN5O3. The molecule has 1 amide bonds. The Kier molecular flexibility index (Phi) is 4.34. The number of nitrogens with zero attached hydrogens (tertiary/aromatic N) is 2. The van der Waals surface area contributed by atoms with Gasteiger partial charge >= 0.3 is 5.69 Å². The van der Waals surface area contributed by atoms with Crippen LogP contribution >= 0.6 is 0 Å². The summed E-state index contributed by atoms with van der Waals surface area (Å²) in [6, 6.07) is 5.89. The molecule has 0 fully saturated rings. The zero-order valence-corrected chi connectivity index (χ0v) is 10.6. The highest BCUT2D eigenvalue weighted by Gasteiger charge is 2.08. The maximum atomic E-state index is 13.3. The van der Waals surface area contributed by atoms with E-state index < -0.39 is 23.0 Å². The van der Waals surface area contributed by atoms with Crippen LogP contribution in [0.3, 0.4) is 0 Å². The van der Waals surface area contributed by atoms with Crippen LogP contribution in [0, 0.1) is 5.82 Å². The molecule has 1 aromatic heterocycles. The lowest BCUT2D eigenvalue weighted by atomic mass is 10.2. The summed E-state index contributed by atoms with van der Waals surface area (Å²) in [6.07, 6.45) is 0.762. The predicted octanol–water partition coefficient (Wildman–Crippen LogP) is -0.710. The summed E-state index contributed by atoms with van der Waals surface area (Å²) >= 11 is 0. The lowest BCUT2D eigenvalue weighted by Crippen LogP contribution is -2.31. The van der Waals surface area contributed by atoms with Gasteiger partial charge in [-0.05, 0) is 6.07 Å². The lowest BCUT2D eigenvalue weighted by molar-refractivity contribution is -0.120. The van der Waals surface area contributed by atoms with Crippen LogP contribution in [0.2, 0.25) is 0 Å². The van der Waals surface area contributed by atoms with Crippen molar-refractivity contribution in [2.24, 2.45) is 5.10 Å². The van der Waals surface area contributed by atoms with Gasteiger partial charge < -0.3 is 0 Å². The quantitative estimate of drug-likeness (QED) is 0.509. The molecule has 21 heavy (non-hydrogen) atoms. The molecule has 0 atom stereocenters. The number of hydrogen-bond donors (Lipinski definition) is 3. The minimum Gasteiger partial charge on any atom is -0.273 e. The van der Waals surface area contributed by atoms with Gasteiger partial charge in [-0.2, -0.15) is 10.2 Å². The van der Waals surface area contributed by atoms with E-state index in [9.17, 15) is 18.8 Å². The Balaban J connectivity index is 1.98. The number of carbonyl (C=O) groups excluding carboxylic acids is 1. The molecule has 0 aliphatic rings. The molecule has 9 heteroatoms. The minimum atomic E-state index is -0.762. The summed E-state index contributed by atoms with van der Waals surface area (Å²) in [5.74, 6) is -1.11. The number of nitrogens with one attached hydrogen (secondary N) is 3. The van der Waals surface area contributed by atoms with Crippen LogP contribution in [0.15, 0.2) is 39.0 Å². The maximum absolute atomic E-state index is 13.3. The second kappa shape index (κ2) is 6.37. The van der Waals surface area contributed by atoms with Gasteiger partial charge in [-0.25, -0.2) is 19.7 Å². The molecule has 1 heterocycles. The zero-order chi connectivity index (χ0) is 15.2. The van der Waals surface area contributed by atoms with E-state index in [1.54, 1.807) is 6.07 Å². The van der Waals surface area contributed by atoms with Gasteiger partial charge in [-0.3, -0.25) is 14.6 Å². The summed E-state index contributed by atoms with van der Waals surface area (Å²) in [6.45, 7) is 0. The Morgan fingerprint density at radius 1 is 1.38 bits per heavy atom. The number of aromatic nitrogens is 3. The van der Waals surface area contributed by atoms with E-state index in [1.807, 2.05) is 10.1 Å². The number of halogens is 1. The van der Waals surface area contributed by atoms with E-state index in [0.29, 0.717) is 0 Å². The van der Waals surface area contributed by atoms with Crippen molar-refractivity contribution in [2.45, 2.75) is 6.42 Å². The number of hydrogen-bond acceptors (Lipinski definition) is 5. The third-order valence-electron chi connectivity index (χ3n) is 2.41. The Bertz CT molecular complexity index is 796. The maximum Gasteiger partial charge on any atom is 0.342 e. The summed E-state index contributed by atoms with van der Waals surface area (Å²) in [4.78, 5) is 35.5. The number of amides is 1. The second-order valence-electron chi connectivity index (χ2n) is 3.95. The predicted molar refractivity (Wildman–Crippen MR) is 71.3 cm³/mol. The molecule has 2 aromatic rings. The van der Waals surface area contributed by atoms with Crippen molar-refractivity contribution < 1.29 is 9.18 Å². The number of hydrazone groups is 1. The molecule has 0 unspecified atom stereocenters. The molecule has 0 saturated carbocycles. The van der Waals surface area contributed by atoms with Gasteiger partial charge in [0.05, 0.1) is 12.6 Å². The first kappa shape index (κ1) is 14.3. The summed E-state index contributed by atoms with van der Waals surface area (Å²) in [5.41, 5.74) is 0.655. The highest BCUT2D eigenvalue weighted by molar-refractivity contribution is 5.83. The summed E-state index contributed by atoms with van der Waals surface area (Å²) in [5, 5.41) is 9.02. The van der Waals surface area contributed by atoms with Gasteiger partial charge in [0.1, 0.15) is 11.5 Å². The average molecular weight is 291 g/mol. The fraction of sp³-hybridized carbons (Fsp3) is 0.0833. The highest BCUT2D eigenvalue weighted by Crippen LogP contribution is 2.02. The first-order valence-electron chi connectivity index (χ1n) is 5.80. The number of H-pyrrole nitrogens is 2. The van der Waals surface area contributed by atoms with Crippen LogP contribution in [0.5, 0.6) is 0 Å². The molecular weight excluding hydrogens is 281 g/mol. The SMILES string of the molecule is O=C(Cc1n[nH]c(=O)[nH]c1=O)N/N=C/c1ccccc1F. The molecule has 0 radical (unpaired) electrons. The third kappa shape index (κ3) is 3.93. The van der Waals surface area contributed by atoms with Gasteiger partial charge in [-0.15, -0.1) is 0 Å². The number of aromatic amines is 2. The van der Waals surface area contributed by atoms with E-state index in [2.05, 4.69) is 15.6 Å². The molecule has 2 rings (SSSR count). The van der Waals surface area contributed by atoms with Crippen LogP contribution in [0.1, 0.15) is 11.3 Å². The summed E-state index contributed by atoms with van der Waals surface area (Å²) in [7, 11) is 0. The van der Waals surface area contributed by atoms with Crippen molar-refractivity contribution in [1.29, 1.82) is 0 Å². The van der Waals surface area contributed by atoms with Crippen molar-refractivity contribution in [3.63, 3.8) is 0 Å². The fourth-order valence-corrected chi connectivity index (χ4v) is 1.44. The molecule has 0 saturated heterocycles. The molecule has 0 aliphatic heterocycles. The van der Waals surface area contributed by atoms with E-state index >= 15 is 0 Å². The Morgan fingerprint density at radius 2 is 2.14 bits per heavy atom. The van der Waals surface area contributed by atoms with Gasteiger partial charge in [0.2, 0.25) is 5.91 Å². The van der Waals surface area contributed by atoms with E-state index in [-0.39, 0.29) is 17.7 Å². The smallest absolute Gasteiger partial charge is 0.273 e. The Labute approximate surface area is 116 Å². The monoisotopic (exact) mass is 291 g/mol. The van der Waals surface area contributed by atoms with Crippen LogP contribution < -0.4 is 16.7 Å². The number of rotatable bonds is 4. The number of benzene rings is 1. The van der Waals surface area contributed by atoms with Crippen LogP contribution in [-0.4, -0.2) is 27.3 Å². The molecule has 0 bridgehead atoms. The Morgan fingerprint density at radius 3 is 2.86 bits per heavy atom. The largest absolute Gasteiger partial charge is 0.342 e. The number of carbonyl (C=O) groups is 1. The first-order chi connectivity index (χ1) is 10.1. The van der Waals surface area contributed by atoms with Crippen molar-refractivity contribution in [3.8, 4) is 0 Å². The van der Waals surface area contributed by atoms with Crippen molar-refractivity contribution >= 4 is 12.1 Å². The van der Waals surface area contributed by atoms with Crippen molar-refractivity contribution in [1.82, 2.24) is 20.6 Å². The van der Waals surface area contributed by atoms with Crippen LogP contribution in [-0.2, 0) is 11.2 Å². The third-order valence-corrected chi connectivity index (χ3v) is 2.41. The molecule has 108 valence electrons. The lowest BCUT2D eigenvalue weighted by Gasteiger charge is -1.98. The molecule has 0 spiro atoms. The topological polar surface area (TPSA) is 120 Å². The highest BCUT2D eigenvalue weighted by atomic mass is 19.1. The normalized spacial score (nSPS) is 10.7. The second-order valence-corrected chi connectivity index (χ2v) is 3.95. The van der Waals surface area contributed by atoms with Gasteiger partial charge in [0, 0.05) is 5.56 Å². The molecule has 0 aliphatic carbocycles. The van der Waals surface area contributed by atoms with E-state index in [4.69, 9.17) is 0 Å². The van der Waals surface area contributed by atoms with Gasteiger partial charge in [0.15, 0.2) is 0 Å².